The Bertz CT molecular complexity index is 1270. The fraction of sp³-hybridized carbons (Fsp3) is 0.577. The van der Waals surface area contributed by atoms with Crippen LogP contribution in [0, 0.1) is 5.92 Å². The first-order chi connectivity index (χ1) is 18.6. The number of alkyl halides is 2. The molecule has 1 aromatic carbocycles. The Labute approximate surface area is 230 Å². The second-order valence-electron chi connectivity index (χ2n) is 11.0. The zero-order chi connectivity index (χ0) is 27.5. The number of halogens is 3. The molecule has 2 aromatic rings. The van der Waals surface area contributed by atoms with Gasteiger partial charge in [0, 0.05) is 44.6 Å². The van der Waals surface area contributed by atoms with Crippen molar-refractivity contribution in [3.8, 4) is 0 Å². The lowest BCUT2D eigenvalue weighted by Gasteiger charge is -2.37. The fourth-order valence-corrected chi connectivity index (χ4v) is 5.86. The average Bonchev–Trinajstić information content (AvgIpc) is 3.74. The normalized spacial score (nSPS) is 29.3. The number of nitrogens with one attached hydrogen (secondary N) is 2. The number of benzene rings is 1. The van der Waals surface area contributed by atoms with E-state index in [4.69, 9.17) is 16.3 Å². The summed E-state index contributed by atoms with van der Waals surface area (Å²) in [5.74, 6) is -2.77. The van der Waals surface area contributed by atoms with Crippen LogP contribution in [0.4, 0.5) is 31.9 Å². The van der Waals surface area contributed by atoms with Gasteiger partial charge < -0.3 is 29.9 Å². The van der Waals surface area contributed by atoms with Crippen molar-refractivity contribution >= 4 is 40.6 Å². The summed E-state index contributed by atoms with van der Waals surface area (Å²) in [7, 11) is 3.58. The van der Waals surface area contributed by atoms with Gasteiger partial charge in [0.25, 0.3) is 11.8 Å². The lowest BCUT2D eigenvalue weighted by atomic mass is 9.92. The maximum atomic E-state index is 15.0. The van der Waals surface area contributed by atoms with Gasteiger partial charge in [0.15, 0.2) is 11.9 Å². The number of β-amino-alcohol motifs (C(OH)–C–C–N with tert-alkyl or cyclic N) is 1. The molecule has 0 spiro atoms. The Hall–Kier alpha value is -2.64. The van der Waals surface area contributed by atoms with Gasteiger partial charge in [-0.1, -0.05) is 11.6 Å². The Balaban J connectivity index is 1.30. The number of anilines is 4. The van der Waals surface area contributed by atoms with Gasteiger partial charge in [0.1, 0.15) is 11.6 Å². The molecular weight excluding hydrogens is 532 g/mol. The van der Waals surface area contributed by atoms with Gasteiger partial charge in [0.2, 0.25) is 5.95 Å². The molecule has 4 atom stereocenters. The summed E-state index contributed by atoms with van der Waals surface area (Å²) in [6.07, 6.45) is 1.37. The molecule has 1 saturated carbocycles. The summed E-state index contributed by atoms with van der Waals surface area (Å²) in [6, 6.07) is 3.60. The van der Waals surface area contributed by atoms with Crippen molar-refractivity contribution in [2.24, 2.45) is 5.92 Å². The zero-order valence-corrected chi connectivity index (χ0v) is 22.5. The number of carbonyl (C=O) groups is 1. The third-order valence-corrected chi connectivity index (χ3v) is 8.22. The number of likely N-dealkylation sites (N-methyl/N-ethyl adjacent to an activating group) is 2. The van der Waals surface area contributed by atoms with Gasteiger partial charge in [0.05, 0.1) is 24.4 Å². The van der Waals surface area contributed by atoms with Crippen LogP contribution in [0.15, 0.2) is 24.4 Å². The van der Waals surface area contributed by atoms with Crippen molar-refractivity contribution in [2.75, 3.05) is 62.0 Å². The number of amides is 1. The van der Waals surface area contributed by atoms with Crippen LogP contribution in [0.1, 0.15) is 24.4 Å². The first-order valence-corrected chi connectivity index (χ1v) is 13.6. The Morgan fingerprint density at radius 2 is 2.03 bits per heavy atom. The van der Waals surface area contributed by atoms with Crippen molar-refractivity contribution in [3.63, 3.8) is 0 Å². The molecule has 39 heavy (non-hydrogen) atoms. The van der Waals surface area contributed by atoms with Crippen molar-refractivity contribution < 1.29 is 23.4 Å². The third-order valence-electron chi connectivity index (χ3n) is 7.95. The maximum absolute atomic E-state index is 15.0. The topological polar surface area (TPSA) is 106 Å². The van der Waals surface area contributed by atoms with Crippen molar-refractivity contribution in [3.05, 3.63) is 35.0 Å². The lowest BCUT2D eigenvalue weighted by Crippen LogP contribution is -2.52. The third kappa shape index (κ3) is 5.16. The predicted octanol–water partition coefficient (Wildman–Crippen LogP) is 2.41. The number of nitrogens with zero attached hydrogens (tertiary/aromatic N) is 5. The van der Waals surface area contributed by atoms with E-state index in [1.807, 2.05) is 18.0 Å². The Morgan fingerprint density at radius 3 is 2.79 bits per heavy atom. The van der Waals surface area contributed by atoms with Crippen LogP contribution in [-0.2, 0) is 9.53 Å². The van der Waals surface area contributed by atoms with Gasteiger partial charge in [-0.2, -0.15) is 4.98 Å². The molecule has 6 rings (SSSR count). The summed E-state index contributed by atoms with van der Waals surface area (Å²) in [4.78, 5) is 27.5. The summed E-state index contributed by atoms with van der Waals surface area (Å²) in [6.45, 7) is 1.56. The summed E-state index contributed by atoms with van der Waals surface area (Å²) in [5, 5.41) is 17.0. The van der Waals surface area contributed by atoms with Gasteiger partial charge in [-0.05, 0) is 49.6 Å². The van der Waals surface area contributed by atoms with E-state index in [2.05, 4.69) is 25.5 Å². The van der Waals surface area contributed by atoms with Crippen LogP contribution in [0.2, 0.25) is 5.02 Å². The first-order valence-electron chi connectivity index (χ1n) is 13.2. The molecule has 1 amide bonds. The largest absolute Gasteiger partial charge is 0.390 e. The van der Waals surface area contributed by atoms with E-state index < -0.39 is 36.8 Å². The van der Waals surface area contributed by atoms with Gasteiger partial charge >= 0.3 is 0 Å². The van der Waals surface area contributed by atoms with Crippen molar-refractivity contribution in [2.45, 2.75) is 43.1 Å². The smallest absolute Gasteiger partial charge is 0.286 e. The number of aromatic nitrogens is 2. The van der Waals surface area contributed by atoms with E-state index in [0.29, 0.717) is 53.4 Å². The number of ether oxygens (including phenoxy) is 1. The molecule has 2 saturated heterocycles. The maximum Gasteiger partial charge on any atom is 0.286 e. The van der Waals surface area contributed by atoms with E-state index in [0.717, 1.165) is 19.4 Å². The van der Waals surface area contributed by atoms with Gasteiger partial charge in [-0.3, -0.25) is 10.1 Å². The van der Waals surface area contributed by atoms with Crippen LogP contribution < -0.4 is 20.4 Å². The average molecular weight is 564 g/mol. The Morgan fingerprint density at radius 1 is 1.23 bits per heavy atom. The molecule has 3 aliphatic heterocycles. The van der Waals surface area contributed by atoms with E-state index in [1.165, 1.54) is 11.1 Å². The second-order valence-corrected chi connectivity index (χ2v) is 11.4. The molecule has 3 fully saturated rings. The van der Waals surface area contributed by atoms with Crippen LogP contribution in [0.3, 0.4) is 0 Å². The van der Waals surface area contributed by atoms with Crippen LogP contribution in [0.25, 0.3) is 0 Å². The lowest BCUT2D eigenvalue weighted by molar-refractivity contribution is -0.139. The van der Waals surface area contributed by atoms with Crippen molar-refractivity contribution in [1.29, 1.82) is 0 Å². The molecule has 13 heteroatoms. The standard InChI is InChI=1S/C26H32ClF2N7O3/c1-34-7-8-36(12-16(37)11-34)25-30-10-18(27)23(33-25)31-15-5-6-19-17(9-15)20-21(24(38)35(19)2)39-13-26(28,29)22(32-20)14-3-4-14/h5-6,9-10,14,16,20-22,32,37H,3-4,7-8,11-13H2,1-2H3,(H,30,31,33)/t16?,20?,21?,22-/m0/s1. The summed E-state index contributed by atoms with van der Waals surface area (Å²) < 4.78 is 35.5. The fourth-order valence-electron chi connectivity index (χ4n) is 5.73. The van der Waals surface area contributed by atoms with Crippen LogP contribution >= 0.6 is 11.6 Å². The predicted molar refractivity (Wildman–Crippen MR) is 143 cm³/mol. The molecule has 210 valence electrons. The van der Waals surface area contributed by atoms with Gasteiger partial charge in [-0.25, -0.2) is 13.8 Å². The highest BCUT2D eigenvalue weighted by atomic mass is 35.5. The van der Waals surface area contributed by atoms with Crippen LogP contribution in [-0.4, -0.2) is 96.9 Å². The van der Waals surface area contributed by atoms with E-state index >= 15 is 0 Å². The number of rotatable bonds is 4. The van der Waals surface area contributed by atoms with Crippen LogP contribution in [0.5, 0.6) is 0 Å². The number of hydrogen-bond acceptors (Lipinski definition) is 9. The molecule has 3 unspecified atom stereocenters. The number of fused-ring (bicyclic) bond motifs is 3. The number of hydrogen-bond donors (Lipinski definition) is 3. The minimum Gasteiger partial charge on any atom is -0.390 e. The number of aliphatic hydroxyl groups excluding tert-OH is 1. The highest BCUT2D eigenvalue weighted by Gasteiger charge is 2.55. The number of carbonyl (C=O) groups excluding carboxylic acids is 1. The molecule has 0 bridgehead atoms. The van der Waals surface area contributed by atoms with Gasteiger partial charge in [-0.15, -0.1) is 0 Å². The molecule has 1 aliphatic carbocycles. The molecule has 0 radical (unpaired) electrons. The first kappa shape index (κ1) is 26.6. The molecule has 4 aliphatic rings. The highest BCUT2D eigenvalue weighted by molar-refractivity contribution is 6.32. The summed E-state index contributed by atoms with van der Waals surface area (Å²) in [5.41, 5.74) is 1.93. The van der Waals surface area contributed by atoms with Crippen molar-refractivity contribution in [1.82, 2.24) is 20.2 Å². The highest BCUT2D eigenvalue weighted by Crippen LogP contribution is 2.46. The quantitative estimate of drug-likeness (QED) is 0.517. The molecular formula is C26H32ClF2N7O3. The minimum atomic E-state index is -3.08. The molecule has 4 heterocycles. The minimum absolute atomic E-state index is 0.141. The number of aliphatic hydroxyl groups is 1. The zero-order valence-electron chi connectivity index (χ0n) is 21.8. The molecule has 10 nitrogen and oxygen atoms in total. The monoisotopic (exact) mass is 563 g/mol. The van der Waals surface area contributed by atoms with E-state index in [1.54, 1.807) is 19.2 Å². The summed E-state index contributed by atoms with van der Waals surface area (Å²) >= 11 is 6.45. The molecule has 3 N–H and O–H groups in total. The SMILES string of the molecule is CN1CCN(c2ncc(Cl)c(Nc3ccc4c(c3)C3N[C@@H](C5CC5)C(F)(F)COC3C(=O)N4C)n2)CC(O)C1. The Kier molecular flexibility index (Phi) is 6.87. The van der Waals surface area contributed by atoms with E-state index in [-0.39, 0.29) is 11.8 Å². The van der Waals surface area contributed by atoms with E-state index in [9.17, 15) is 18.7 Å². The second kappa shape index (κ2) is 10.1. The molecule has 1 aromatic heterocycles.